The lowest BCUT2D eigenvalue weighted by Crippen LogP contribution is -2.40. The first-order chi connectivity index (χ1) is 10.1. The molecule has 0 unspecified atom stereocenters. The Hall–Kier alpha value is -1.00. The molecule has 0 aromatic heterocycles. The van der Waals surface area contributed by atoms with Gasteiger partial charge in [-0.3, -0.25) is 0 Å². The zero-order chi connectivity index (χ0) is 15.7. The van der Waals surface area contributed by atoms with Crippen LogP contribution in [0.2, 0.25) is 0 Å². The first-order valence-electron chi connectivity index (χ1n) is 7.74. The molecule has 0 heterocycles. The number of rotatable bonds is 10. The Morgan fingerprint density at radius 1 is 1.14 bits per heavy atom. The minimum Gasteiger partial charge on any atom is -0.383 e. The standard InChI is InChI=1S/C17H27F2NO/c1-4-8-17(9-5-2,13-20-10-11-21-3)15-7-6-14(18)12-16(15)19/h6-7,12,20H,4-5,8-11,13H2,1-3H3. The van der Waals surface area contributed by atoms with Crippen LogP contribution in [-0.4, -0.2) is 26.8 Å². The lowest BCUT2D eigenvalue weighted by atomic mass is 9.73. The van der Waals surface area contributed by atoms with E-state index in [1.54, 1.807) is 13.2 Å². The molecule has 1 N–H and O–H groups in total. The van der Waals surface area contributed by atoms with Crippen molar-refractivity contribution in [3.8, 4) is 0 Å². The molecule has 2 nitrogen and oxygen atoms in total. The van der Waals surface area contributed by atoms with Gasteiger partial charge in [0.2, 0.25) is 0 Å². The second-order valence-corrected chi connectivity index (χ2v) is 5.57. The molecule has 21 heavy (non-hydrogen) atoms. The molecule has 4 heteroatoms. The summed E-state index contributed by atoms with van der Waals surface area (Å²) in [6.45, 7) is 6.23. The van der Waals surface area contributed by atoms with Crippen molar-refractivity contribution in [3.05, 3.63) is 35.4 Å². The average Bonchev–Trinajstić information content (AvgIpc) is 2.44. The number of halogens is 2. The van der Waals surface area contributed by atoms with Crippen molar-refractivity contribution in [2.24, 2.45) is 0 Å². The topological polar surface area (TPSA) is 21.3 Å². The maximum Gasteiger partial charge on any atom is 0.129 e. The molecule has 1 rings (SSSR count). The van der Waals surface area contributed by atoms with Crippen LogP contribution in [0.25, 0.3) is 0 Å². The number of ether oxygens (including phenoxy) is 1. The van der Waals surface area contributed by atoms with Crippen LogP contribution in [0, 0.1) is 11.6 Å². The van der Waals surface area contributed by atoms with Gasteiger partial charge in [-0.25, -0.2) is 8.78 Å². The SMILES string of the molecule is CCCC(CCC)(CNCCOC)c1ccc(F)cc1F. The predicted molar refractivity (Wildman–Crippen MR) is 82.6 cm³/mol. The number of methoxy groups -OCH3 is 1. The largest absolute Gasteiger partial charge is 0.383 e. The molecule has 0 amide bonds. The zero-order valence-corrected chi connectivity index (χ0v) is 13.3. The molecule has 0 aliphatic carbocycles. The molecule has 0 fully saturated rings. The molecule has 120 valence electrons. The summed E-state index contributed by atoms with van der Waals surface area (Å²) in [5, 5.41) is 3.35. The van der Waals surface area contributed by atoms with Crippen LogP contribution in [0.5, 0.6) is 0 Å². The van der Waals surface area contributed by atoms with E-state index in [0.29, 0.717) is 18.7 Å². The fourth-order valence-electron chi connectivity index (χ4n) is 3.04. The van der Waals surface area contributed by atoms with E-state index < -0.39 is 11.6 Å². The van der Waals surface area contributed by atoms with Crippen molar-refractivity contribution in [1.29, 1.82) is 0 Å². The van der Waals surface area contributed by atoms with E-state index in [9.17, 15) is 8.78 Å². The first-order valence-corrected chi connectivity index (χ1v) is 7.74. The van der Waals surface area contributed by atoms with Crippen LogP contribution in [-0.2, 0) is 10.2 Å². The van der Waals surface area contributed by atoms with Gasteiger partial charge < -0.3 is 10.1 Å². The van der Waals surface area contributed by atoms with E-state index >= 15 is 0 Å². The Bertz CT molecular complexity index is 417. The molecular weight excluding hydrogens is 272 g/mol. The van der Waals surface area contributed by atoms with Crippen LogP contribution in [0.4, 0.5) is 8.78 Å². The summed E-state index contributed by atoms with van der Waals surface area (Å²) in [5.41, 5.74) is 0.340. The molecule has 0 saturated carbocycles. The maximum atomic E-state index is 14.3. The van der Waals surface area contributed by atoms with E-state index in [1.165, 1.54) is 6.07 Å². The molecule has 0 radical (unpaired) electrons. The predicted octanol–water partition coefficient (Wildman–Crippen LogP) is 4.04. The Kier molecular flexibility index (Phi) is 7.83. The van der Waals surface area contributed by atoms with E-state index in [1.807, 2.05) is 0 Å². The van der Waals surface area contributed by atoms with Crippen LogP contribution >= 0.6 is 0 Å². The lowest BCUT2D eigenvalue weighted by Gasteiger charge is -2.35. The number of nitrogens with one attached hydrogen (secondary N) is 1. The van der Waals surface area contributed by atoms with Gasteiger partial charge in [-0.05, 0) is 24.5 Å². The Balaban J connectivity index is 3.02. The lowest BCUT2D eigenvalue weighted by molar-refractivity contribution is 0.194. The third kappa shape index (κ3) is 5.04. The molecule has 0 aliphatic rings. The van der Waals surface area contributed by atoms with Gasteiger partial charge in [0.25, 0.3) is 0 Å². The highest BCUT2D eigenvalue weighted by atomic mass is 19.1. The molecule has 0 bridgehead atoms. The van der Waals surface area contributed by atoms with Gasteiger partial charge in [-0.15, -0.1) is 0 Å². The van der Waals surface area contributed by atoms with Crippen molar-refractivity contribution < 1.29 is 13.5 Å². The number of hydrogen-bond acceptors (Lipinski definition) is 2. The number of hydrogen-bond donors (Lipinski definition) is 1. The fourth-order valence-corrected chi connectivity index (χ4v) is 3.04. The Morgan fingerprint density at radius 3 is 2.33 bits per heavy atom. The highest BCUT2D eigenvalue weighted by Gasteiger charge is 2.32. The summed E-state index contributed by atoms with van der Waals surface area (Å²) in [7, 11) is 1.66. The Morgan fingerprint density at radius 2 is 1.81 bits per heavy atom. The molecule has 0 saturated heterocycles. The highest BCUT2D eigenvalue weighted by Crippen LogP contribution is 2.35. The van der Waals surface area contributed by atoms with Crippen molar-refractivity contribution >= 4 is 0 Å². The van der Waals surface area contributed by atoms with Gasteiger partial charge in [-0.1, -0.05) is 32.8 Å². The maximum absolute atomic E-state index is 14.3. The second kappa shape index (κ2) is 9.11. The molecule has 0 atom stereocenters. The Labute approximate surface area is 126 Å². The second-order valence-electron chi connectivity index (χ2n) is 5.57. The summed E-state index contributed by atoms with van der Waals surface area (Å²) in [5.74, 6) is -0.962. The first kappa shape index (κ1) is 18.1. The molecule has 0 aliphatic heterocycles. The van der Waals surface area contributed by atoms with Gasteiger partial charge >= 0.3 is 0 Å². The quantitative estimate of drug-likeness (QED) is 0.658. The summed E-state index contributed by atoms with van der Waals surface area (Å²) in [6.07, 6.45) is 3.68. The van der Waals surface area contributed by atoms with Crippen LogP contribution < -0.4 is 5.32 Å². The van der Waals surface area contributed by atoms with Gasteiger partial charge in [0.1, 0.15) is 11.6 Å². The average molecular weight is 299 g/mol. The minimum atomic E-state index is -0.523. The summed E-state index contributed by atoms with van der Waals surface area (Å²) < 4.78 is 32.5. The van der Waals surface area contributed by atoms with E-state index in [0.717, 1.165) is 38.3 Å². The summed E-state index contributed by atoms with van der Waals surface area (Å²) >= 11 is 0. The molecule has 0 spiro atoms. The molecular formula is C17H27F2NO. The fraction of sp³-hybridized carbons (Fsp3) is 0.647. The van der Waals surface area contributed by atoms with Gasteiger partial charge in [0, 0.05) is 31.7 Å². The van der Waals surface area contributed by atoms with Crippen molar-refractivity contribution in [3.63, 3.8) is 0 Å². The van der Waals surface area contributed by atoms with Gasteiger partial charge in [0.15, 0.2) is 0 Å². The summed E-state index contributed by atoms with van der Waals surface area (Å²) in [6, 6.07) is 3.95. The van der Waals surface area contributed by atoms with Crippen LogP contribution in [0.15, 0.2) is 18.2 Å². The van der Waals surface area contributed by atoms with Crippen molar-refractivity contribution in [2.45, 2.75) is 44.9 Å². The summed E-state index contributed by atoms with van der Waals surface area (Å²) in [4.78, 5) is 0. The van der Waals surface area contributed by atoms with Crippen molar-refractivity contribution in [2.75, 3.05) is 26.8 Å². The molecule has 1 aromatic rings. The third-order valence-corrected chi connectivity index (χ3v) is 3.91. The van der Waals surface area contributed by atoms with Crippen LogP contribution in [0.3, 0.4) is 0 Å². The van der Waals surface area contributed by atoms with E-state index in [4.69, 9.17) is 4.74 Å². The monoisotopic (exact) mass is 299 g/mol. The van der Waals surface area contributed by atoms with E-state index in [-0.39, 0.29) is 5.41 Å². The van der Waals surface area contributed by atoms with Crippen LogP contribution in [0.1, 0.15) is 45.1 Å². The highest BCUT2D eigenvalue weighted by molar-refractivity contribution is 5.28. The number of benzene rings is 1. The smallest absolute Gasteiger partial charge is 0.129 e. The minimum absolute atomic E-state index is 0.283. The van der Waals surface area contributed by atoms with E-state index in [2.05, 4.69) is 19.2 Å². The normalized spacial score (nSPS) is 11.9. The van der Waals surface area contributed by atoms with Crippen molar-refractivity contribution in [1.82, 2.24) is 5.32 Å². The zero-order valence-electron chi connectivity index (χ0n) is 13.3. The third-order valence-electron chi connectivity index (χ3n) is 3.91. The molecule has 1 aromatic carbocycles. The van der Waals surface area contributed by atoms with Gasteiger partial charge in [-0.2, -0.15) is 0 Å². The van der Waals surface area contributed by atoms with Gasteiger partial charge in [0.05, 0.1) is 6.61 Å².